The zero-order chi connectivity index (χ0) is 18.8. The lowest BCUT2D eigenvalue weighted by atomic mass is 10.0. The first-order valence-corrected chi connectivity index (χ1v) is 9.75. The lowest BCUT2D eigenvalue weighted by molar-refractivity contribution is 0.136. The lowest BCUT2D eigenvalue weighted by Gasteiger charge is -2.15. The monoisotopic (exact) mass is 464 g/mol. The van der Waals surface area contributed by atoms with Crippen molar-refractivity contribution >= 4 is 22.6 Å². The highest BCUT2D eigenvalue weighted by molar-refractivity contribution is 14.1. The van der Waals surface area contributed by atoms with Crippen LogP contribution in [0.1, 0.15) is 31.6 Å². The van der Waals surface area contributed by atoms with Crippen LogP contribution in [0.2, 0.25) is 0 Å². The van der Waals surface area contributed by atoms with Crippen molar-refractivity contribution in [1.82, 2.24) is 10.8 Å². The topological polar surface area (TPSA) is 64.5 Å². The first kappa shape index (κ1) is 20.6. The highest BCUT2D eigenvalue weighted by atomic mass is 127. The number of hydrogen-bond donors (Lipinski definition) is 4. The van der Waals surface area contributed by atoms with Crippen LogP contribution in [0.4, 0.5) is 0 Å². The van der Waals surface area contributed by atoms with Crippen molar-refractivity contribution in [3.05, 3.63) is 81.6 Å². The molecule has 4 N–H and O–H groups in total. The van der Waals surface area contributed by atoms with Crippen LogP contribution < -0.4 is 10.8 Å². The van der Waals surface area contributed by atoms with Gasteiger partial charge in [0.05, 0.1) is 5.70 Å². The Morgan fingerprint density at radius 2 is 2.00 bits per heavy atom. The maximum absolute atomic E-state index is 10.4. The molecule has 0 fully saturated rings. The third-order valence-electron chi connectivity index (χ3n) is 3.91. The molecule has 0 aliphatic rings. The fraction of sp³-hybridized carbons (Fsp3) is 0.238. The molecule has 5 heteroatoms. The largest absolute Gasteiger partial charge is 0.374 e. The quantitative estimate of drug-likeness (QED) is 0.187. The van der Waals surface area contributed by atoms with Gasteiger partial charge in [-0.1, -0.05) is 61.9 Å². The maximum atomic E-state index is 10.4. The molecule has 2 aromatic rings. The first-order valence-electron chi connectivity index (χ1n) is 8.67. The summed E-state index contributed by atoms with van der Waals surface area (Å²) in [6.07, 6.45) is 6.98. The molecule has 0 aliphatic heterocycles. The highest BCUT2D eigenvalue weighted by Crippen LogP contribution is 2.26. The molecule has 2 aromatic carbocycles. The van der Waals surface area contributed by atoms with Gasteiger partial charge in [-0.25, -0.2) is 0 Å². The molecule has 1 atom stereocenters. The predicted molar refractivity (Wildman–Crippen MR) is 115 cm³/mol. The van der Waals surface area contributed by atoms with Gasteiger partial charge in [0.1, 0.15) is 6.23 Å². The SMILES string of the molecule is CCC/C=C\C=C(\CNC(O)c1cccc(-c2ccccc2I)c1)NO. The molecule has 0 aliphatic carbocycles. The van der Waals surface area contributed by atoms with Gasteiger partial charge in [-0.3, -0.25) is 16.0 Å². The van der Waals surface area contributed by atoms with E-state index < -0.39 is 6.23 Å². The van der Waals surface area contributed by atoms with E-state index in [1.54, 1.807) is 6.08 Å². The van der Waals surface area contributed by atoms with Gasteiger partial charge < -0.3 is 5.11 Å². The Balaban J connectivity index is 2.04. The van der Waals surface area contributed by atoms with Crippen LogP contribution in [-0.4, -0.2) is 16.9 Å². The molecular formula is C21H25IN2O2. The maximum Gasteiger partial charge on any atom is 0.131 e. The molecule has 138 valence electrons. The van der Waals surface area contributed by atoms with Gasteiger partial charge in [-0.15, -0.1) is 0 Å². The van der Waals surface area contributed by atoms with E-state index in [4.69, 9.17) is 0 Å². The lowest BCUT2D eigenvalue weighted by Crippen LogP contribution is -2.27. The molecular weight excluding hydrogens is 439 g/mol. The van der Waals surface area contributed by atoms with Crippen molar-refractivity contribution in [3.8, 4) is 11.1 Å². The third kappa shape index (κ3) is 6.25. The van der Waals surface area contributed by atoms with Gasteiger partial charge in [0, 0.05) is 10.1 Å². The number of unbranched alkanes of at least 4 members (excludes halogenated alkanes) is 1. The molecule has 1 unspecified atom stereocenters. The molecule has 2 rings (SSSR count). The second-order valence-corrected chi connectivity index (χ2v) is 7.07. The smallest absolute Gasteiger partial charge is 0.131 e. The van der Waals surface area contributed by atoms with Crippen LogP contribution in [0.5, 0.6) is 0 Å². The minimum absolute atomic E-state index is 0.321. The Bertz CT molecular complexity index is 759. The van der Waals surface area contributed by atoms with E-state index in [9.17, 15) is 10.3 Å². The molecule has 0 saturated carbocycles. The number of benzene rings is 2. The Kier molecular flexibility index (Phi) is 8.84. The van der Waals surface area contributed by atoms with Gasteiger partial charge in [0.2, 0.25) is 0 Å². The fourth-order valence-corrected chi connectivity index (χ4v) is 3.18. The Labute approximate surface area is 168 Å². The molecule has 0 aromatic heterocycles. The normalized spacial score (nSPS) is 13.2. The van der Waals surface area contributed by atoms with E-state index in [0.717, 1.165) is 29.5 Å². The van der Waals surface area contributed by atoms with Gasteiger partial charge in [0.25, 0.3) is 0 Å². The van der Waals surface area contributed by atoms with Crippen LogP contribution in [0.25, 0.3) is 11.1 Å². The predicted octanol–water partition coefficient (Wildman–Crippen LogP) is 4.76. The Hall–Kier alpha value is -1.67. The van der Waals surface area contributed by atoms with Crippen molar-refractivity contribution in [2.45, 2.75) is 26.0 Å². The molecule has 0 amide bonds. The van der Waals surface area contributed by atoms with Crippen molar-refractivity contribution in [2.24, 2.45) is 0 Å². The van der Waals surface area contributed by atoms with E-state index in [0.29, 0.717) is 12.2 Å². The van der Waals surface area contributed by atoms with Gasteiger partial charge in [-0.05, 0) is 63.9 Å². The molecule has 26 heavy (non-hydrogen) atoms. The average molecular weight is 464 g/mol. The summed E-state index contributed by atoms with van der Waals surface area (Å²) in [5.74, 6) is 0. The molecule has 0 bridgehead atoms. The zero-order valence-electron chi connectivity index (χ0n) is 14.8. The molecule has 0 saturated heterocycles. The number of hydrogen-bond acceptors (Lipinski definition) is 4. The minimum Gasteiger partial charge on any atom is -0.374 e. The summed E-state index contributed by atoms with van der Waals surface area (Å²) < 4.78 is 1.17. The summed E-state index contributed by atoms with van der Waals surface area (Å²) in [7, 11) is 0. The number of halogens is 1. The van der Waals surface area contributed by atoms with Crippen LogP contribution in [0.15, 0.2) is 72.5 Å². The zero-order valence-corrected chi connectivity index (χ0v) is 17.0. The van der Waals surface area contributed by atoms with Crippen LogP contribution in [0, 0.1) is 3.57 Å². The fourth-order valence-electron chi connectivity index (χ4n) is 2.48. The number of nitrogens with one attached hydrogen (secondary N) is 2. The van der Waals surface area contributed by atoms with Crippen LogP contribution in [0.3, 0.4) is 0 Å². The number of allylic oxidation sites excluding steroid dienone is 3. The highest BCUT2D eigenvalue weighted by Gasteiger charge is 2.10. The summed E-state index contributed by atoms with van der Waals surface area (Å²) in [4.78, 5) is 0. The van der Waals surface area contributed by atoms with Crippen molar-refractivity contribution < 1.29 is 10.3 Å². The van der Waals surface area contributed by atoms with E-state index in [1.165, 1.54) is 3.57 Å². The van der Waals surface area contributed by atoms with Gasteiger partial charge >= 0.3 is 0 Å². The second kappa shape index (κ2) is 11.1. The number of rotatable bonds is 9. The second-order valence-electron chi connectivity index (χ2n) is 5.91. The van der Waals surface area contributed by atoms with E-state index in [-0.39, 0.29) is 0 Å². The van der Waals surface area contributed by atoms with Crippen molar-refractivity contribution in [1.29, 1.82) is 0 Å². The van der Waals surface area contributed by atoms with E-state index in [1.807, 2.05) is 48.6 Å². The molecule has 4 nitrogen and oxygen atoms in total. The first-order chi connectivity index (χ1) is 12.7. The summed E-state index contributed by atoms with van der Waals surface area (Å²) in [5.41, 5.74) is 5.73. The standard InChI is InChI=1S/C21H25IN2O2/c1-2-3-4-5-11-18(24-26)15-23-21(25)17-10-8-9-16(14-17)19-12-6-7-13-20(19)22/h4-14,21,23-26H,2-3,15H2,1H3/b5-4-,18-11-. The number of hydroxylamine groups is 1. The minimum atomic E-state index is -0.826. The molecule has 0 spiro atoms. The van der Waals surface area contributed by atoms with Gasteiger partial charge in [-0.2, -0.15) is 0 Å². The summed E-state index contributed by atoms with van der Waals surface area (Å²) in [5, 5.41) is 22.7. The Morgan fingerprint density at radius 1 is 1.19 bits per heavy atom. The Morgan fingerprint density at radius 3 is 2.73 bits per heavy atom. The third-order valence-corrected chi connectivity index (χ3v) is 4.85. The van der Waals surface area contributed by atoms with Crippen LogP contribution >= 0.6 is 22.6 Å². The van der Waals surface area contributed by atoms with Crippen molar-refractivity contribution in [2.75, 3.05) is 6.54 Å². The van der Waals surface area contributed by atoms with Crippen LogP contribution in [-0.2, 0) is 0 Å². The summed E-state index contributed by atoms with van der Waals surface area (Å²) in [6.45, 7) is 2.43. The van der Waals surface area contributed by atoms with E-state index >= 15 is 0 Å². The molecule has 0 radical (unpaired) electrons. The van der Waals surface area contributed by atoms with Gasteiger partial charge in [0.15, 0.2) is 0 Å². The van der Waals surface area contributed by atoms with Crippen molar-refractivity contribution in [3.63, 3.8) is 0 Å². The summed E-state index contributed by atoms with van der Waals surface area (Å²) in [6, 6.07) is 16.0. The summed E-state index contributed by atoms with van der Waals surface area (Å²) >= 11 is 2.31. The van der Waals surface area contributed by atoms with E-state index in [2.05, 4.69) is 52.4 Å². The number of aliphatic hydroxyl groups excluding tert-OH is 1. The average Bonchev–Trinajstić information content (AvgIpc) is 2.67. The molecule has 0 heterocycles. The number of aliphatic hydroxyl groups is 1.